The van der Waals surface area contributed by atoms with Crippen molar-refractivity contribution in [1.29, 1.82) is 0 Å². The minimum atomic E-state index is 0.000822. The first-order chi connectivity index (χ1) is 14.1. The number of fused-ring (bicyclic) bond motifs is 1. The monoisotopic (exact) mass is 395 g/mol. The molecule has 2 N–H and O–H groups in total. The molecule has 0 atom stereocenters. The van der Waals surface area contributed by atoms with Gasteiger partial charge in [0.2, 0.25) is 5.91 Å². The zero-order chi connectivity index (χ0) is 20.2. The quantitative estimate of drug-likeness (QED) is 0.670. The minimum absolute atomic E-state index is 0.000822. The zero-order valence-corrected chi connectivity index (χ0v) is 16.4. The molecular formula is C22H25N3O4. The molecule has 1 saturated heterocycles. The van der Waals surface area contributed by atoms with E-state index in [1.807, 2.05) is 35.2 Å². The van der Waals surface area contributed by atoms with Crippen LogP contribution in [0.25, 0.3) is 10.9 Å². The van der Waals surface area contributed by atoms with E-state index in [1.54, 1.807) is 19.4 Å². The van der Waals surface area contributed by atoms with Crippen LogP contribution in [0.2, 0.25) is 0 Å². The number of methoxy groups -OCH3 is 1. The Morgan fingerprint density at radius 2 is 2.07 bits per heavy atom. The molecule has 4 rings (SSSR count). The summed E-state index contributed by atoms with van der Waals surface area (Å²) < 4.78 is 10.5. The summed E-state index contributed by atoms with van der Waals surface area (Å²) in [6.07, 6.45) is 3.73. The van der Waals surface area contributed by atoms with Gasteiger partial charge in [-0.1, -0.05) is 0 Å². The highest BCUT2D eigenvalue weighted by Gasteiger charge is 2.26. The second-order valence-electron chi connectivity index (χ2n) is 7.43. The molecule has 7 heteroatoms. The number of benzene rings is 1. The number of ether oxygens (including phenoxy) is 1. The van der Waals surface area contributed by atoms with Crippen molar-refractivity contribution >= 4 is 22.7 Å². The number of nitrogens with one attached hydrogen (secondary N) is 2. The van der Waals surface area contributed by atoms with E-state index < -0.39 is 0 Å². The van der Waals surface area contributed by atoms with Crippen molar-refractivity contribution in [2.45, 2.75) is 25.8 Å². The summed E-state index contributed by atoms with van der Waals surface area (Å²) in [5, 5.41) is 3.87. The Morgan fingerprint density at radius 1 is 1.24 bits per heavy atom. The molecule has 0 aliphatic carbocycles. The Labute approximate surface area is 169 Å². The Morgan fingerprint density at radius 3 is 2.79 bits per heavy atom. The Hall–Kier alpha value is -3.22. The summed E-state index contributed by atoms with van der Waals surface area (Å²) in [7, 11) is 1.62. The second kappa shape index (κ2) is 8.43. The molecule has 0 spiro atoms. The van der Waals surface area contributed by atoms with Crippen molar-refractivity contribution in [3.05, 3.63) is 54.1 Å². The summed E-state index contributed by atoms with van der Waals surface area (Å²) in [6, 6.07) is 11.2. The van der Waals surface area contributed by atoms with Gasteiger partial charge in [0.15, 0.2) is 0 Å². The molecule has 1 fully saturated rings. The third-order valence-corrected chi connectivity index (χ3v) is 5.48. The predicted molar refractivity (Wildman–Crippen MR) is 109 cm³/mol. The SMILES string of the molecule is COc1ccc2cc(C(=O)N3CCC(CC(=O)NCc4ccco4)CC3)[nH]c2c1. The fraction of sp³-hybridized carbons (Fsp3) is 0.364. The van der Waals surface area contributed by atoms with Gasteiger partial charge in [-0.2, -0.15) is 0 Å². The number of nitrogens with zero attached hydrogens (tertiary/aromatic N) is 1. The largest absolute Gasteiger partial charge is 0.497 e. The summed E-state index contributed by atoms with van der Waals surface area (Å²) in [6.45, 7) is 1.73. The molecule has 1 aliphatic heterocycles. The highest BCUT2D eigenvalue weighted by Crippen LogP contribution is 2.25. The number of piperidine rings is 1. The van der Waals surface area contributed by atoms with Gasteiger partial charge in [-0.15, -0.1) is 0 Å². The van der Waals surface area contributed by atoms with Crippen LogP contribution < -0.4 is 10.1 Å². The van der Waals surface area contributed by atoms with E-state index in [4.69, 9.17) is 9.15 Å². The standard InChI is InChI=1S/C22H25N3O4/c1-28-17-5-4-16-12-20(24-19(16)13-17)22(27)25-8-6-15(7-9-25)11-21(26)23-14-18-3-2-10-29-18/h2-5,10,12-13,15,24H,6-9,11,14H2,1H3,(H,23,26). The smallest absolute Gasteiger partial charge is 0.270 e. The Balaban J connectivity index is 1.28. The van der Waals surface area contributed by atoms with E-state index in [0.717, 1.165) is 35.3 Å². The first-order valence-corrected chi connectivity index (χ1v) is 9.87. The molecule has 3 heterocycles. The van der Waals surface area contributed by atoms with Crippen molar-refractivity contribution in [1.82, 2.24) is 15.2 Å². The lowest BCUT2D eigenvalue weighted by molar-refractivity contribution is -0.122. The topological polar surface area (TPSA) is 87.6 Å². The van der Waals surface area contributed by atoms with Crippen molar-refractivity contribution in [3.8, 4) is 5.75 Å². The maximum atomic E-state index is 12.9. The molecule has 29 heavy (non-hydrogen) atoms. The molecule has 0 radical (unpaired) electrons. The molecule has 3 aromatic rings. The van der Waals surface area contributed by atoms with Gasteiger partial charge in [-0.3, -0.25) is 9.59 Å². The van der Waals surface area contributed by atoms with Crippen molar-refractivity contribution in [3.63, 3.8) is 0 Å². The van der Waals surface area contributed by atoms with Crippen LogP contribution >= 0.6 is 0 Å². The number of aromatic nitrogens is 1. The number of likely N-dealkylation sites (tertiary alicyclic amines) is 1. The number of furan rings is 1. The van der Waals surface area contributed by atoms with E-state index in [-0.39, 0.29) is 11.8 Å². The van der Waals surface area contributed by atoms with E-state index in [0.29, 0.717) is 37.7 Å². The lowest BCUT2D eigenvalue weighted by atomic mass is 9.93. The molecule has 0 unspecified atom stereocenters. The second-order valence-corrected chi connectivity index (χ2v) is 7.43. The normalized spacial score (nSPS) is 14.9. The number of H-pyrrole nitrogens is 1. The van der Waals surface area contributed by atoms with Crippen LogP contribution in [0.4, 0.5) is 0 Å². The van der Waals surface area contributed by atoms with E-state index >= 15 is 0 Å². The van der Waals surface area contributed by atoms with Crippen LogP contribution in [0.5, 0.6) is 5.75 Å². The van der Waals surface area contributed by atoms with Gasteiger partial charge >= 0.3 is 0 Å². The molecule has 1 aromatic carbocycles. The van der Waals surface area contributed by atoms with Crippen molar-refractivity contribution < 1.29 is 18.7 Å². The van der Waals surface area contributed by atoms with Crippen LogP contribution in [0.3, 0.4) is 0 Å². The predicted octanol–water partition coefficient (Wildman–Crippen LogP) is 3.33. The molecule has 0 saturated carbocycles. The van der Waals surface area contributed by atoms with Crippen molar-refractivity contribution in [2.75, 3.05) is 20.2 Å². The number of carbonyl (C=O) groups is 2. The number of aromatic amines is 1. The van der Waals surface area contributed by atoms with E-state index in [9.17, 15) is 9.59 Å². The maximum absolute atomic E-state index is 12.9. The van der Waals surface area contributed by atoms with Gasteiger partial charge in [0.25, 0.3) is 5.91 Å². The summed E-state index contributed by atoms with van der Waals surface area (Å²) in [4.78, 5) is 30.1. The molecule has 152 valence electrons. The van der Waals surface area contributed by atoms with E-state index in [1.165, 1.54) is 0 Å². The minimum Gasteiger partial charge on any atom is -0.497 e. The highest BCUT2D eigenvalue weighted by atomic mass is 16.5. The summed E-state index contributed by atoms with van der Waals surface area (Å²) >= 11 is 0. The van der Waals surface area contributed by atoms with Gasteiger partial charge in [0, 0.05) is 36.5 Å². The summed E-state index contributed by atoms with van der Waals surface area (Å²) in [5.74, 6) is 1.82. The fourth-order valence-corrected chi connectivity index (χ4v) is 3.79. The first-order valence-electron chi connectivity index (χ1n) is 9.87. The molecule has 0 bridgehead atoms. The molecule has 2 amide bonds. The lowest BCUT2D eigenvalue weighted by Gasteiger charge is -2.31. The van der Waals surface area contributed by atoms with E-state index in [2.05, 4.69) is 10.3 Å². The Kier molecular flexibility index (Phi) is 5.55. The lowest BCUT2D eigenvalue weighted by Crippen LogP contribution is -2.39. The molecular weight excluding hydrogens is 370 g/mol. The average molecular weight is 395 g/mol. The fourth-order valence-electron chi connectivity index (χ4n) is 3.79. The number of amides is 2. The third kappa shape index (κ3) is 4.45. The van der Waals surface area contributed by atoms with Gasteiger partial charge in [0.05, 0.1) is 19.9 Å². The van der Waals surface area contributed by atoms with Crippen LogP contribution in [-0.4, -0.2) is 41.9 Å². The zero-order valence-electron chi connectivity index (χ0n) is 16.4. The number of rotatable bonds is 6. The van der Waals surface area contributed by atoms with Crippen molar-refractivity contribution in [2.24, 2.45) is 5.92 Å². The number of hydrogen-bond acceptors (Lipinski definition) is 4. The average Bonchev–Trinajstić information content (AvgIpc) is 3.41. The molecule has 2 aromatic heterocycles. The van der Waals surface area contributed by atoms with Crippen LogP contribution in [0.1, 0.15) is 35.5 Å². The Bertz CT molecular complexity index is 985. The maximum Gasteiger partial charge on any atom is 0.270 e. The van der Waals surface area contributed by atoms with Crippen LogP contribution in [0.15, 0.2) is 47.1 Å². The van der Waals surface area contributed by atoms with Crippen LogP contribution in [0, 0.1) is 5.92 Å². The third-order valence-electron chi connectivity index (χ3n) is 5.48. The highest BCUT2D eigenvalue weighted by molar-refractivity contribution is 5.98. The molecule has 1 aliphatic rings. The first kappa shape index (κ1) is 19.1. The van der Waals surface area contributed by atoms with Gasteiger partial charge in [-0.05, 0) is 49.1 Å². The van der Waals surface area contributed by atoms with Gasteiger partial charge in [-0.25, -0.2) is 0 Å². The van der Waals surface area contributed by atoms with Gasteiger partial charge < -0.3 is 24.4 Å². The van der Waals surface area contributed by atoms with Crippen LogP contribution in [-0.2, 0) is 11.3 Å². The molecule has 7 nitrogen and oxygen atoms in total. The van der Waals surface area contributed by atoms with Gasteiger partial charge in [0.1, 0.15) is 17.2 Å². The number of carbonyl (C=O) groups excluding carboxylic acids is 2. The summed E-state index contributed by atoms with van der Waals surface area (Å²) in [5.41, 5.74) is 1.47. The number of hydrogen-bond donors (Lipinski definition) is 2.